The van der Waals surface area contributed by atoms with E-state index in [1.54, 1.807) is 31.6 Å². The molecule has 0 aliphatic rings. The van der Waals surface area contributed by atoms with E-state index in [0.717, 1.165) is 0 Å². The van der Waals surface area contributed by atoms with Gasteiger partial charge in [-0.25, -0.2) is 0 Å². The molecule has 1 heterocycles. The van der Waals surface area contributed by atoms with Gasteiger partial charge in [0.1, 0.15) is 5.75 Å². The zero-order valence-corrected chi connectivity index (χ0v) is 7.60. The summed E-state index contributed by atoms with van der Waals surface area (Å²) in [4.78, 5) is 3.92. The molecule has 1 aromatic rings. The van der Waals surface area contributed by atoms with Crippen molar-refractivity contribution >= 4 is 0 Å². The number of methoxy groups -OCH3 is 1. The van der Waals surface area contributed by atoms with E-state index < -0.39 is 6.10 Å². The molecule has 3 heteroatoms. The van der Waals surface area contributed by atoms with E-state index in [9.17, 15) is 5.11 Å². The van der Waals surface area contributed by atoms with E-state index in [-0.39, 0.29) is 0 Å². The SMILES string of the molecule is C=CCC(O)c1cnccc1OC. The number of nitrogens with zero attached hydrogens (tertiary/aromatic N) is 1. The molecule has 0 fully saturated rings. The molecule has 1 atom stereocenters. The van der Waals surface area contributed by atoms with E-state index >= 15 is 0 Å². The van der Waals surface area contributed by atoms with E-state index in [0.29, 0.717) is 17.7 Å². The lowest BCUT2D eigenvalue weighted by molar-refractivity contribution is 0.176. The second-order valence-corrected chi connectivity index (χ2v) is 2.66. The second-order valence-electron chi connectivity index (χ2n) is 2.66. The summed E-state index contributed by atoms with van der Waals surface area (Å²) >= 11 is 0. The average Bonchev–Trinajstić information content (AvgIpc) is 2.18. The maximum Gasteiger partial charge on any atom is 0.127 e. The molecule has 0 saturated heterocycles. The summed E-state index contributed by atoms with van der Waals surface area (Å²) in [6, 6.07) is 1.72. The number of hydrogen-bond acceptors (Lipinski definition) is 3. The highest BCUT2D eigenvalue weighted by Gasteiger charge is 2.10. The van der Waals surface area contributed by atoms with Crippen LogP contribution in [0.1, 0.15) is 18.1 Å². The van der Waals surface area contributed by atoms with Gasteiger partial charge in [-0.2, -0.15) is 0 Å². The fourth-order valence-electron chi connectivity index (χ4n) is 1.11. The van der Waals surface area contributed by atoms with Crippen molar-refractivity contribution in [2.75, 3.05) is 7.11 Å². The Kier molecular flexibility index (Phi) is 3.46. The number of aromatic nitrogens is 1. The van der Waals surface area contributed by atoms with Gasteiger partial charge in [-0.15, -0.1) is 6.58 Å². The summed E-state index contributed by atoms with van der Waals surface area (Å²) < 4.78 is 5.08. The van der Waals surface area contributed by atoms with Crippen molar-refractivity contribution in [3.05, 3.63) is 36.7 Å². The molecule has 1 rings (SSSR count). The van der Waals surface area contributed by atoms with Crippen molar-refractivity contribution in [1.82, 2.24) is 4.98 Å². The van der Waals surface area contributed by atoms with Crippen LogP contribution in [0.2, 0.25) is 0 Å². The number of rotatable bonds is 4. The third kappa shape index (κ3) is 2.29. The van der Waals surface area contributed by atoms with E-state index in [2.05, 4.69) is 11.6 Å². The Morgan fingerprint density at radius 1 is 1.77 bits per heavy atom. The molecule has 3 nitrogen and oxygen atoms in total. The first-order valence-corrected chi connectivity index (χ1v) is 4.06. The third-order valence-electron chi connectivity index (χ3n) is 1.78. The highest BCUT2D eigenvalue weighted by molar-refractivity contribution is 5.32. The fraction of sp³-hybridized carbons (Fsp3) is 0.300. The Morgan fingerprint density at radius 3 is 3.15 bits per heavy atom. The van der Waals surface area contributed by atoms with Crippen LogP contribution in [0, 0.1) is 0 Å². The van der Waals surface area contributed by atoms with Crippen LogP contribution < -0.4 is 4.74 Å². The molecule has 0 aliphatic heterocycles. The molecule has 0 radical (unpaired) electrons. The Hall–Kier alpha value is -1.35. The van der Waals surface area contributed by atoms with Crippen molar-refractivity contribution in [3.63, 3.8) is 0 Å². The van der Waals surface area contributed by atoms with Gasteiger partial charge in [-0.05, 0) is 12.5 Å². The standard InChI is InChI=1S/C10H13NO2/c1-3-4-9(12)8-7-11-6-5-10(8)13-2/h3,5-7,9,12H,1,4H2,2H3. The van der Waals surface area contributed by atoms with Crippen LogP contribution in [-0.2, 0) is 0 Å². The number of pyridine rings is 1. The molecule has 70 valence electrons. The largest absolute Gasteiger partial charge is 0.496 e. The highest BCUT2D eigenvalue weighted by atomic mass is 16.5. The lowest BCUT2D eigenvalue weighted by atomic mass is 10.1. The number of aliphatic hydroxyl groups excluding tert-OH is 1. The summed E-state index contributed by atoms with van der Waals surface area (Å²) in [6.07, 6.45) is 4.82. The molecule has 0 bridgehead atoms. The predicted molar refractivity (Wildman–Crippen MR) is 50.6 cm³/mol. The van der Waals surface area contributed by atoms with Crippen molar-refractivity contribution in [3.8, 4) is 5.75 Å². The lowest BCUT2D eigenvalue weighted by Crippen LogP contribution is -1.99. The zero-order valence-electron chi connectivity index (χ0n) is 7.60. The molecule has 0 saturated carbocycles. The molecule has 1 unspecified atom stereocenters. The minimum atomic E-state index is -0.582. The third-order valence-corrected chi connectivity index (χ3v) is 1.78. The fourth-order valence-corrected chi connectivity index (χ4v) is 1.11. The van der Waals surface area contributed by atoms with E-state index in [1.807, 2.05) is 0 Å². The highest BCUT2D eigenvalue weighted by Crippen LogP contribution is 2.25. The summed E-state index contributed by atoms with van der Waals surface area (Å²) in [5, 5.41) is 9.64. The minimum Gasteiger partial charge on any atom is -0.496 e. The monoisotopic (exact) mass is 179 g/mol. The van der Waals surface area contributed by atoms with Crippen molar-refractivity contribution in [2.45, 2.75) is 12.5 Å². The van der Waals surface area contributed by atoms with Crippen molar-refractivity contribution in [1.29, 1.82) is 0 Å². The van der Waals surface area contributed by atoms with Gasteiger partial charge < -0.3 is 9.84 Å². The van der Waals surface area contributed by atoms with E-state index in [1.165, 1.54) is 0 Å². The van der Waals surface area contributed by atoms with Gasteiger partial charge in [-0.3, -0.25) is 4.98 Å². The van der Waals surface area contributed by atoms with Crippen molar-refractivity contribution < 1.29 is 9.84 Å². The smallest absolute Gasteiger partial charge is 0.127 e. The lowest BCUT2D eigenvalue weighted by Gasteiger charge is -2.11. The summed E-state index contributed by atoms with van der Waals surface area (Å²) in [6.45, 7) is 3.56. The van der Waals surface area contributed by atoms with Crippen molar-refractivity contribution in [2.24, 2.45) is 0 Å². The first kappa shape index (κ1) is 9.74. The van der Waals surface area contributed by atoms with Gasteiger partial charge in [0.25, 0.3) is 0 Å². The summed E-state index contributed by atoms with van der Waals surface area (Å²) in [5.41, 5.74) is 0.699. The molecule has 1 aromatic heterocycles. The molecule has 0 amide bonds. The predicted octanol–water partition coefficient (Wildman–Crippen LogP) is 1.70. The number of hydrogen-bond donors (Lipinski definition) is 1. The Labute approximate surface area is 77.7 Å². The number of aliphatic hydroxyl groups is 1. The van der Waals surface area contributed by atoms with Gasteiger partial charge in [0, 0.05) is 18.0 Å². The van der Waals surface area contributed by atoms with Gasteiger partial charge in [-0.1, -0.05) is 6.08 Å². The zero-order chi connectivity index (χ0) is 9.68. The topological polar surface area (TPSA) is 42.4 Å². The Bertz CT molecular complexity index is 286. The van der Waals surface area contributed by atoms with Crippen LogP contribution in [0.25, 0.3) is 0 Å². The summed E-state index contributed by atoms with van der Waals surface area (Å²) in [5.74, 6) is 0.657. The molecular weight excluding hydrogens is 166 g/mol. The van der Waals surface area contributed by atoms with Crippen LogP contribution in [0.4, 0.5) is 0 Å². The van der Waals surface area contributed by atoms with Gasteiger partial charge >= 0.3 is 0 Å². The Balaban J connectivity index is 2.91. The van der Waals surface area contributed by atoms with Gasteiger partial charge in [0.05, 0.1) is 13.2 Å². The summed E-state index contributed by atoms with van der Waals surface area (Å²) in [7, 11) is 1.57. The van der Waals surface area contributed by atoms with Gasteiger partial charge in [0.15, 0.2) is 0 Å². The van der Waals surface area contributed by atoms with Gasteiger partial charge in [0.2, 0.25) is 0 Å². The first-order chi connectivity index (χ1) is 6.29. The van der Waals surface area contributed by atoms with Crippen LogP contribution >= 0.6 is 0 Å². The van der Waals surface area contributed by atoms with Crippen LogP contribution in [0.15, 0.2) is 31.1 Å². The second kappa shape index (κ2) is 4.62. The quantitative estimate of drug-likeness (QED) is 0.715. The Morgan fingerprint density at radius 2 is 2.54 bits per heavy atom. The molecule has 0 aromatic carbocycles. The van der Waals surface area contributed by atoms with Crippen LogP contribution in [-0.4, -0.2) is 17.2 Å². The normalized spacial score (nSPS) is 12.2. The van der Waals surface area contributed by atoms with Crippen LogP contribution in [0.5, 0.6) is 5.75 Å². The maximum atomic E-state index is 9.64. The average molecular weight is 179 g/mol. The van der Waals surface area contributed by atoms with E-state index in [4.69, 9.17) is 4.74 Å². The van der Waals surface area contributed by atoms with Crippen LogP contribution in [0.3, 0.4) is 0 Å². The molecular formula is C10H13NO2. The maximum absolute atomic E-state index is 9.64. The molecule has 13 heavy (non-hydrogen) atoms. The molecule has 1 N–H and O–H groups in total. The minimum absolute atomic E-state index is 0.502. The first-order valence-electron chi connectivity index (χ1n) is 4.06. The molecule has 0 aliphatic carbocycles. The number of ether oxygens (including phenoxy) is 1. The molecule has 0 spiro atoms.